The number of rotatable bonds is 5. The highest BCUT2D eigenvalue weighted by Crippen LogP contribution is 2.31. The van der Waals surface area contributed by atoms with Crippen molar-refractivity contribution in [1.82, 2.24) is 10.3 Å². The molecule has 0 aliphatic heterocycles. The fourth-order valence-corrected chi connectivity index (χ4v) is 2.73. The number of pyridine rings is 1. The summed E-state index contributed by atoms with van der Waals surface area (Å²) in [6, 6.07) is 5.59. The number of anilines is 3. The van der Waals surface area contributed by atoms with Crippen molar-refractivity contribution in [1.29, 1.82) is 0 Å². The van der Waals surface area contributed by atoms with Crippen LogP contribution >= 0.6 is 0 Å². The zero-order chi connectivity index (χ0) is 24.3. The summed E-state index contributed by atoms with van der Waals surface area (Å²) in [6.45, 7) is 0. The van der Waals surface area contributed by atoms with Gasteiger partial charge in [0.2, 0.25) is 0 Å². The Kier molecular flexibility index (Phi) is 6.56. The van der Waals surface area contributed by atoms with Gasteiger partial charge in [0.25, 0.3) is 11.8 Å². The molecule has 2 amide bonds. The van der Waals surface area contributed by atoms with Gasteiger partial charge in [0.15, 0.2) is 17.5 Å². The Hall–Kier alpha value is -4.09. The van der Waals surface area contributed by atoms with E-state index < -0.39 is 46.6 Å². The predicted octanol–water partition coefficient (Wildman–Crippen LogP) is 4.87. The Morgan fingerprint density at radius 3 is 2.30 bits per heavy atom. The number of nitrogens with one attached hydrogen (secondary N) is 3. The molecule has 2 aromatic carbocycles. The summed E-state index contributed by atoms with van der Waals surface area (Å²) in [5, 5.41) is 6.97. The van der Waals surface area contributed by atoms with E-state index >= 15 is 0 Å². The Bertz CT molecular complexity index is 1230. The normalized spacial score (nSPS) is 11.1. The number of benzene rings is 2. The van der Waals surface area contributed by atoms with Crippen molar-refractivity contribution in [2.45, 2.75) is 6.18 Å². The van der Waals surface area contributed by atoms with Crippen LogP contribution in [0.4, 0.5) is 43.5 Å². The molecule has 0 spiro atoms. The summed E-state index contributed by atoms with van der Waals surface area (Å²) < 4.78 is 80.1. The largest absolute Gasteiger partial charge is 0.416 e. The topological polar surface area (TPSA) is 83.1 Å². The minimum Gasteiger partial charge on any atom is -0.355 e. The number of aromatic nitrogens is 1. The number of amides is 2. The fraction of sp³-hybridized carbons (Fsp3) is 0.0952. The monoisotopic (exact) mass is 468 g/mol. The molecule has 6 nitrogen and oxygen atoms in total. The molecule has 0 fully saturated rings. The van der Waals surface area contributed by atoms with E-state index in [2.05, 4.69) is 20.9 Å². The zero-order valence-electron chi connectivity index (χ0n) is 16.7. The average Bonchev–Trinajstić information content (AvgIpc) is 2.76. The lowest BCUT2D eigenvalue weighted by Gasteiger charge is -2.15. The molecule has 0 aliphatic carbocycles. The third kappa shape index (κ3) is 5.40. The van der Waals surface area contributed by atoms with E-state index in [9.17, 15) is 35.9 Å². The highest BCUT2D eigenvalue weighted by atomic mass is 19.4. The average molecular weight is 468 g/mol. The third-order valence-corrected chi connectivity index (χ3v) is 4.32. The van der Waals surface area contributed by atoms with E-state index in [1.807, 2.05) is 0 Å². The van der Waals surface area contributed by atoms with Gasteiger partial charge in [-0.2, -0.15) is 13.2 Å². The fourth-order valence-electron chi connectivity index (χ4n) is 2.73. The van der Waals surface area contributed by atoms with Gasteiger partial charge < -0.3 is 16.0 Å². The Labute approximate surface area is 182 Å². The van der Waals surface area contributed by atoms with Crippen LogP contribution in [0.15, 0.2) is 48.7 Å². The Balaban J connectivity index is 2.01. The summed E-state index contributed by atoms with van der Waals surface area (Å²) in [5.41, 5.74) is -2.74. The van der Waals surface area contributed by atoms with Crippen LogP contribution in [0.1, 0.15) is 26.3 Å². The molecule has 0 unspecified atom stereocenters. The Morgan fingerprint density at radius 1 is 0.909 bits per heavy atom. The molecule has 12 heteroatoms. The molecule has 0 saturated carbocycles. The first-order valence-corrected chi connectivity index (χ1v) is 9.12. The Morgan fingerprint density at radius 2 is 1.64 bits per heavy atom. The quantitative estimate of drug-likeness (QED) is 0.467. The smallest absolute Gasteiger partial charge is 0.355 e. The maximum atomic E-state index is 14.0. The second kappa shape index (κ2) is 9.18. The van der Waals surface area contributed by atoms with Crippen molar-refractivity contribution in [2.75, 3.05) is 17.7 Å². The van der Waals surface area contributed by atoms with Gasteiger partial charge in [-0.05, 0) is 36.4 Å². The second-order valence-electron chi connectivity index (χ2n) is 6.61. The maximum Gasteiger partial charge on any atom is 0.416 e. The molecule has 0 bridgehead atoms. The van der Waals surface area contributed by atoms with Gasteiger partial charge in [0.05, 0.1) is 22.5 Å². The summed E-state index contributed by atoms with van der Waals surface area (Å²) >= 11 is 0. The van der Waals surface area contributed by atoms with E-state index in [0.717, 1.165) is 18.3 Å². The summed E-state index contributed by atoms with van der Waals surface area (Å²) in [7, 11) is 1.32. The van der Waals surface area contributed by atoms with Gasteiger partial charge in [-0.15, -0.1) is 0 Å². The van der Waals surface area contributed by atoms with Crippen LogP contribution < -0.4 is 16.0 Å². The molecule has 33 heavy (non-hydrogen) atoms. The lowest BCUT2D eigenvalue weighted by molar-refractivity contribution is -0.137. The lowest BCUT2D eigenvalue weighted by Crippen LogP contribution is -2.20. The van der Waals surface area contributed by atoms with E-state index in [-0.39, 0.29) is 28.8 Å². The van der Waals surface area contributed by atoms with E-state index in [4.69, 9.17) is 0 Å². The molecule has 0 radical (unpaired) electrons. The van der Waals surface area contributed by atoms with Gasteiger partial charge in [-0.1, -0.05) is 6.07 Å². The number of hydrogen-bond acceptors (Lipinski definition) is 4. The molecule has 3 aromatic rings. The van der Waals surface area contributed by atoms with Crippen molar-refractivity contribution in [3.05, 3.63) is 82.8 Å². The number of carbonyl (C=O) groups excluding carboxylic acids is 2. The number of halogens is 6. The highest BCUT2D eigenvalue weighted by Gasteiger charge is 2.32. The van der Waals surface area contributed by atoms with Crippen LogP contribution in [0, 0.1) is 17.5 Å². The molecule has 1 aromatic heterocycles. The second-order valence-corrected chi connectivity index (χ2v) is 6.61. The van der Waals surface area contributed by atoms with Crippen LogP contribution in [-0.4, -0.2) is 23.8 Å². The van der Waals surface area contributed by atoms with Crippen LogP contribution in [0.2, 0.25) is 0 Å². The summed E-state index contributed by atoms with van der Waals surface area (Å²) in [5.74, 6) is -5.77. The van der Waals surface area contributed by atoms with E-state index in [1.165, 1.54) is 19.2 Å². The number of nitrogens with zero attached hydrogens (tertiary/aromatic N) is 1. The molecule has 0 saturated heterocycles. The SMILES string of the molecule is CNC(=O)c1cnc(Nc2cccc(F)c2F)c(NC(=O)c2cc(F)cc(C(F)(F)F)c2)c1. The van der Waals surface area contributed by atoms with Crippen LogP contribution in [-0.2, 0) is 6.18 Å². The number of hydrogen-bond donors (Lipinski definition) is 3. The van der Waals surface area contributed by atoms with Crippen molar-refractivity contribution < 1.29 is 35.9 Å². The summed E-state index contributed by atoms with van der Waals surface area (Å²) in [4.78, 5) is 28.4. The molecule has 172 valence electrons. The van der Waals surface area contributed by atoms with Crippen molar-refractivity contribution in [2.24, 2.45) is 0 Å². The van der Waals surface area contributed by atoms with Crippen molar-refractivity contribution in [3.8, 4) is 0 Å². The third-order valence-electron chi connectivity index (χ3n) is 4.32. The molecule has 0 aliphatic rings. The van der Waals surface area contributed by atoms with Crippen molar-refractivity contribution in [3.63, 3.8) is 0 Å². The van der Waals surface area contributed by atoms with Gasteiger partial charge >= 0.3 is 6.18 Å². The van der Waals surface area contributed by atoms with Crippen LogP contribution in [0.5, 0.6) is 0 Å². The van der Waals surface area contributed by atoms with Gasteiger partial charge in [-0.25, -0.2) is 18.2 Å². The zero-order valence-corrected chi connectivity index (χ0v) is 16.7. The number of alkyl halides is 3. The first-order chi connectivity index (χ1) is 15.5. The van der Waals surface area contributed by atoms with Crippen LogP contribution in [0.25, 0.3) is 0 Å². The standard InChI is InChI=1S/C21H14F6N4O2/c1-28-19(32)11-7-16(18(29-9-11)30-15-4-2-3-14(23)17(15)24)31-20(33)10-5-12(21(25,26)27)8-13(22)6-10/h2-9H,1H3,(H,28,32)(H,29,30)(H,31,33). The molecule has 3 N–H and O–H groups in total. The lowest BCUT2D eigenvalue weighted by atomic mass is 10.1. The van der Waals surface area contributed by atoms with E-state index in [0.29, 0.717) is 12.1 Å². The molecule has 0 atom stereocenters. The van der Waals surface area contributed by atoms with Gasteiger partial charge in [0.1, 0.15) is 5.82 Å². The molecular formula is C21H14F6N4O2. The highest BCUT2D eigenvalue weighted by molar-refractivity contribution is 6.07. The minimum atomic E-state index is -4.90. The molecular weight excluding hydrogens is 454 g/mol. The molecule has 3 rings (SSSR count). The number of carbonyl (C=O) groups is 2. The maximum absolute atomic E-state index is 14.0. The van der Waals surface area contributed by atoms with Crippen molar-refractivity contribution >= 4 is 29.0 Å². The molecule has 1 heterocycles. The first kappa shape index (κ1) is 23.6. The van der Waals surface area contributed by atoms with Gasteiger partial charge in [0, 0.05) is 18.8 Å². The first-order valence-electron chi connectivity index (χ1n) is 9.12. The van der Waals surface area contributed by atoms with Crippen LogP contribution in [0.3, 0.4) is 0 Å². The van der Waals surface area contributed by atoms with E-state index in [1.54, 1.807) is 0 Å². The minimum absolute atomic E-state index is 0.0618. The predicted molar refractivity (Wildman–Crippen MR) is 107 cm³/mol. The van der Waals surface area contributed by atoms with Gasteiger partial charge in [-0.3, -0.25) is 9.59 Å². The summed E-state index contributed by atoms with van der Waals surface area (Å²) in [6.07, 6.45) is -3.84.